The lowest BCUT2D eigenvalue weighted by Crippen LogP contribution is -2.73. The molecule has 4 aliphatic rings. The molecule has 10 nitrogen and oxygen atoms in total. The minimum atomic E-state index is -2.72. The molecule has 11 heteroatoms. The number of halogens is 1. The first-order valence-corrected chi connectivity index (χ1v) is 14.7. The number of rotatable bonds is 5. The molecule has 0 radical (unpaired) electrons. The summed E-state index contributed by atoms with van der Waals surface area (Å²) in [6.45, 7) is 6.04. The fourth-order valence-electron chi connectivity index (χ4n) is 8.14. The number of ketones is 4. The maximum atomic E-state index is 14.0. The first kappa shape index (κ1) is 29.8. The van der Waals surface area contributed by atoms with Crippen LogP contribution in [0.1, 0.15) is 55.8 Å². The van der Waals surface area contributed by atoms with Gasteiger partial charge in [0, 0.05) is 29.0 Å². The number of aromatic hydroxyl groups is 1. The number of primary amides is 1. The Bertz CT molecular complexity index is 1340. The molecule has 41 heavy (non-hydrogen) atoms. The van der Waals surface area contributed by atoms with Crippen LogP contribution in [-0.4, -0.2) is 87.9 Å². The molecular formula is C30H38ClN3O7. The molecule has 4 N–H and O–H groups in total. The van der Waals surface area contributed by atoms with Crippen LogP contribution in [0, 0.1) is 29.6 Å². The summed E-state index contributed by atoms with van der Waals surface area (Å²) in [5.74, 6) is -9.80. The van der Waals surface area contributed by atoms with Gasteiger partial charge in [0.15, 0.2) is 28.9 Å². The van der Waals surface area contributed by atoms with Crippen molar-refractivity contribution in [3.05, 3.63) is 27.8 Å². The molecule has 222 valence electrons. The number of Topliss-reactive ketones (excluding diaryl/α,β-unsaturated/α-hetero) is 4. The second-order valence-corrected chi connectivity index (χ2v) is 12.9. The van der Waals surface area contributed by atoms with E-state index in [4.69, 9.17) is 17.3 Å². The Morgan fingerprint density at radius 2 is 1.88 bits per heavy atom. The lowest BCUT2D eigenvalue weighted by atomic mass is 9.54. The zero-order valence-corrected chi connectivity index (χ0v) is 24.6. The molecule has 3 fully saturated rings. The summed E-state index contributed by atoms with van der Waals surface area (Å²) in [7, 11) is 3.12. The van der Waals surface area contributed by atoms with Crippen molar-refractivity contribution in [2.75, 3.05) is 27.2 Å². The van der Waals surface area contributed by atoms with Crippen LogP contribution in [0.4, 0.5) is 0 Å². The van der Waals surface area contributed by atoms with E-state index in [0.29, 0.717) is 22.1 Å². The molecule has 0 bridgehead atoms. The largest absolute Gasteiger partial charge is 0.508 e. The van der Waals surface area contributed by atoms with Gasteiger partial charge in [-0.2, -0.15) is 0 Å². The van der Waals surface area contributed by atoms with E-state index in [1.54, 1.807) is 20.2 Å². The molecule has 8 atom stereocenters. The number of carbonyl (C=O) groups is 5. The highest BCUT2D eigenvalue weighted by Gasteiger charge is 2.68. The molecule has 0 aromatic heterocycles. The van der Waals surface area contributed by atoms with Crippen molar-refractivity contribution in [1.29, 1.82) is 0 Å². The maximum Gasteiger partial charge on any atom is 0.235 e. The predicted molar refractivity (Wildman–Crippen MR) is 149 cm³/mol. The minimum Gasteiger partial charge on any atom is -0.508 e. The van der Waals surface area contributed by atoms with Crippen molar-refractivity contribution < 1.29 is 34.2 Å². The van der Waals surface area contributed by atoms with Crippen molar-refractivity contribution in [3.63, 3.8) is 0 Å². The van der Waals surface area contributed by atoms with E-state index >= 15 is 0 Å². The van der Waals surface area contributed by atoms with Crippen LogP contribution in [0.25, 0.3) is 0 Å². The number of likely N-dealkylation sites (tertiary alicyclic amines) is 1. The van der Waals surface area contributed by atoms with Crippen LogP contribution in [0.15, 0.2) is 6.07 Å². The molecule has 1 aromatic carbocycles. The number of aliphatic hydroxyl groups is 1. The highest BCUT2D eigenvalue weighted by atomic mass is 35.5. The van der Waals surface area contributed by atoms with Gasteiger partial charge in [0.2, 0.25) is 5.91 Å². The van der Waals surface area contributed by atoms with Gasteiger partial charge in [0.25, 0.3) is 0 Å². The fourth-order valence-corrected chi connectivity index (χ4v) is 8.50. The zero-order chi connectivity index (χ0) is 30.1. The van der Waals surface area contributed by atoms with Gasteiger partial charge in [0.05, 0.1) is 12.0 Å². The lowest BCUT2D eigenvalue weighted by Gasteiger charge is -2.51. The summed E-state index contributed by atoms with van der Waals surface area (Å²) in [6, 6.07) is 0.481. The third-order valence-corrected chi connectivity index (χ3v) is 10.4. The van der Waals surface area contributed by atoms with E-state index < -0.39 is 64.4 Å². The molecule has 8 unspecified atom stereocenters. The highest BCUT2D eigenvalue weighted by Crippen LogP contribution is 2.51. The van der Waals surface area contributed by atoms with Gasteiger partial charge in [-0.05, 0) is 81.9 Å². The Hall–Kier alpha value is -2.66. The number of carbonyl (C=O) groups excluding carboxylic acids is 5. The third-order valence-electron chi connectivity index (χ3n) is 9.94. The van der Waals surface area contributed by atoms with Crippen molar-refractivity contribution >= 4 is 40.6 Å². The lowest BCUT2D eigenvalue weighted by molar-refractivity contribution is -0.183. The Morgan fingerprint density at radius 1 is 1.20 bits per heavy atom. The molecular weight excluding hydrogens is 550 g/mol. The number of nitrogens with zero attached hydrogens (tertiary/aromatic N) is 2. The summed E-state index contributed by atoms with van der Waals surface area (Å²) in [6.07, 6.45) is 1.80. The number of nitrogens with two attached hydrogens (primary N) is 1. The third kappa shape index (κ3) is 4.37. The normalized spacial score (nSPS) is 35.7. The Kier molecular flexibility index (Phi) is 7.68. The topological polar surface area (TPSA) is 158 Å². The fraction of sp³-hybridized carbons (Fsp3) is 0.633. The summed E-state index contributed by atoms with van der Waals surface area (Å²) in [5.41, 5.74) is 4.37. The summed E-state index contributed by atoms with van der Waals surface area (Å²) < 4.78 is 0. The molecule has 1 heterocycles. The van der Waals surface area contributed by atoms with Gasteiger partial charge in [-0.1, -0.05) is 25.4 Å². The average molecular weight is 588 g/mol. The monoisotopic (exact) mass is 587 g/mol. The molecule has 1 aromatic rings. The van der Waals surface area contributed by atoms with E-state index in [1.807, 2.05) is 0 Å². The highest BCUT2D eigenvalue weighted by molar-refractivity contribution is 6.33. The smallest absolute Gasteiger partial charge is 0.235 e. The van der Waals surface area contributed by atoms with Crippen LogP contribution >= 0.6 is 11.6 Å². The molecule has 1 saturated heterocycles. The number of hydrogen-bond acceptors (Lipinski definition) is 9. The van der Waals surface area contributed by atoms with Crippen LogP contribution < -0.4 is 5.73 Å². The van der Waals surface area contributed by atoms with Gasteiger partial charge in [0.1, 0.15) is 11.5 Å². The molecule has 5 rings (SSSR count). The van der Waals surface area contributed by atoms with Gasteiger partial charge in [-0.25, -0.2) is 0 Å². The number of fused-ring (bicyclic) bond motifs is 3. The Labute approximate surface area is 244 Å². The SMILES string of the molecule is CCCN1CCC(C)C1c1cc(O)c2c(c1Cl)CC1CC3C(N(C)C)C(=O)C(C(N)=O)C(=O)C3(O)C(=O)C1C(=O)C2. The van der Waals surface area contributed by atoms with Crippen molar-refractivity contribution in [3.8, 4) is 5.75 Å². The van der Waals surface area contributed by atoms with E-state index in [2.05, 4.69) is 18.7 Å². The maximum absolute atomic E-state index is 14.0. The minimum absolute atomic E-state index is 0.00694. The molecule has 1 amide bonds. The molecule has 1 aliphatic heterocycles. The summed E-state index contributed by atoms with van der Waals surface area (Å²) >= 11 is 7.09. The van der Waals surface area contributed by atoms with E-state index in [0.717, 1.165) is 31.5 Å². The number of amides is 1. The number of benzene rings is 1. The molecule has 3 aliphatic carbocycles. The van der Waals surface area contributed by atoms with E-state index in [9.17, 15) is 34.2 Å². The first-order valence-electron chi connectivity index (χ1n) is 14.4. The number of phenols is 1. The molecule has 0 spiro atoms. The standard InChI is InChI=1S/C30H38ClN3O7/c1-5-7-34-8-6-13(2)24(34)17-12-19(35)15-11-20(36)21-14(9-16(15)23(17)31)10-18-25(33(3)4)26(37)22(29(32)40)28(39)30(18,41)27(21)38/h12-14,18,21-22,24-25,35,41H,5-11H2,1-4H3,(H2,32,40). The molecule has 2 saturated carbocycles. The number of phenolic OH excluding ortho intramolecular Hbond substituents is 1. The number of likely N-dealkylation sites (N-methyl/N-ethyl adjacent to an activating group) is 1. The van der Waals surface area contributed by atoms with E-state index in [-0.39, 0.29) is 31.1 Å². The zero-order valence-electron chi connectivity index (χ0n) is 23.9. The van der Waals surface area contributed by atoms with Crippen LogP contribution in [-0.2, 0) is 36.8 Å². The van der Waals surface area contributed by atoms with Crippen LogP contribution in [0.3, 0.4) is 0 Å². The second kappa shape index (κ2) is 10.6. The van der Waals surface area contributed by atoms with Gasteiger partial charge in [-0.15, -0.1) is 0 Å². The summed E-state index contributed by atoms with van der Waals surface area (Å²) in [4.78, 5) is 70.4. The Morgan fingerprint density at radius 3 is 2.49 bits per heavy atom. The van der Waals surface area contributed by atoms with Gasteiger partial charge >= 0.3 is 0 Å². The van der Waals surface area contributed by atoms with Gasteiger partial charge < -0.3 is 15.9 Å². The Balaban J connectivity index is 1.60. The first-order chi connectivity index (χ1) is 19.2. The van der Waals surface area contributed by atoms with Crippen molar-refractivity contribution in [2.45, 2.75) is 63.6 Å². The summed E-state index contributed by atoms with van der Waals surface area (Å²) in [5, 5.41) is 23.4. The van der Waals surface area contributed by atoms with Crippen molar-refractivity contribution in [1.82, 2.24) is 9.80 Å². The predicted octanol–water partition coefficient (Wildman–Crippen LogP) is 1.24. The van der Waals surface area contributed by atoms with Gasteiger partial charge in [-0.3, -0.25) is 33.8 Å². The van der Waals surface area contributed by atoms with Crippen LogP contribution in [0.2, 0.25) is 5.02 Å². The van der Waals surface area contributed by atoms with E-state index in [1.165, 1.54) is 4.90 Å². The second-order valence-electron chi connectivity index (χ2n) is 12.6. The average Bonchev–Trinajstić information content (AvgIpc) is 3.16. The van der Waals surface area contributed by atoms with Crippen molar-refractivity contribution in [2.24, 2.45) is 35.3 Å². The van der Waals surface area contributed by atoms with Crippen LogP contribution in [0.5, 0.6) is 5.75 Å². The number of hydrogen-bond donors (Lipinski definition) is 3. The quantitative estimate of drug-likeness (QED) is 0.431.